The van der Waals surface area contributed by atoms with Crippen LogP contribution in [0.15, 0.2) is 52.0 Å². The molecule has 126 valence electrons. The van der Waals surface area contributed by atoms with Crippen LogP contribution in [0.3, 0.4) is 0 Å². The lowest BCUT2D eigenvalue weighted by atomic mass is 10.2. The van der Waals surface area contributed by atoms with Gasteiger partial charge in [0.15, 0.2) is 0 Å². The van der Waals surface area contributed by atoms with Crippen LogP contribution in [-0.2, 0) is 16.6 Å². The molecule has 0 atom stereocenters. The van der Waals surface area contributed by atoms with Gasteiger partial charge in [-0.25, -0.2) is 13.1 Å². The molecule has 1 N–H and O–H groups in total. The van der Waals surface area contributed by atoms with Crippen molar-refractivity contribution < 1.29 is 12.8 Å². The van der Waals surface area contributed by atoms with E-state index in [4.69, 9.17) is 4.42 Å². The van der Waals surface area contributed by atoms with Gasteiger partial charge in [-0.05, 0) is 5.56 Å². The summed E-state index contributed by atoms with van der Waals surface area (Å²) in [7, 11) is -3.83. The SMILES string of the molecule is CC(C)c1nnc(NS(=O)(=O)c2cnn(Cc3ccccc3)c2)o1. The third-order valence-corrected chi connectivity index (χ3v) is 4.54. The Labute approximate surface area is 139 Å². The van der Waals surface area contributed by atoms with E-state index in [0.29, 0.717) is 12.4 Å². The number of sulfonamides is 1. The molecular weight excluding hydrogens is 330 g/mol. The molecule has 0 unspecified atom stereocenters. The van der Waals surface area contributed by atoms with E-state index in [1.165, 1.54) is 12.4 Å². The number of hydrogen-bond donors (Lipinski definition) is 1. The van der Waals surface area contributed by atoms with Crippen molar-refractivity contribution in [2.45, 2.75) is 31.2 Å². The van der Waals surface area contributed by atoms with Gasteiger partial charge in [-0.2, -0.15) is 5.10 Å². The van der Waals surface area contributed by atoms with Gasteiger partial charge in [-0.1, -0.05) is 49.3 Å². The molecule has 0 bridgehead atoms. The minimum atomic E-state index is -3.83. The zero-order chi connectivity index (χ0) is 17.2. The van der Waals surface area contributed by atoms with E-state index in [1.54, 1.807) is 4.68 Å². The second-order valence-electron chi connectivity index (χ2n) is 5.56. The van der Waals surface area contributed by atoms with Crippen molar-refractivity contribution in [2.24, 2.45) is 0 Å². The van der Waals surface area contributed by atoms with Crippen LogP contribution in [0.4, 0.5) is 6.01 Å². The maximum Gasteiger partial charge on any atom is 0.329 e. The summed E-state index contributed by atoms with van der Waals surface area (Å²) in [5, 5.41) is 11.6. The zero-order valence-electron chi connectivity index (χ0n) is 13.2. The number of rotatable bonds is 6. The van der Waals surface area contributed by atoms with Crippen molar-refractivity contribution in [3.63, 3.8) is 0 Å². The summed E-state index contributed by atoms with van der Waals surface area (Å²) in [6.07, 6.45) is 2.74. The summed E-state index contributed by atoms with van der Waals surface area (Å²) in [4.78, 5) is 0.0303. The maximum absolute atomic E-state index is 12.4. The van der Waals surface area contributed by atoms with Crippen LogP contribution in [0.25, 0.3) is 0 Å². The molecule has 0 fully saturated rings. The van der Waals surface area contributed by atoms with E-state index in [-0.39, 0.29) is 16.8 Å². The highest BCUT2D eigenvalue weighted by Crippen LogP contribution is 2.18. The molecule has 0 spiro atoms. The summed E-state index contributed by atoms with van der Waals surface area (Å²) in [6.45, 7) is 4.23. The minimum Gasteiger partial charge on any atom is -0.407 e. The largest absolute Gasteiger partial charge is 0.407 e. The van der Waals surface area contributed by atoms with Crippen LogP contribution < -0.4 is 4.72 Å². The highest BCUT2D eigenvalue weighted by Gasteiger charge is 2.20. The number of nitrogens with one attached hydrogen (secondary N) is 1. The Morgan fingerprint density at radius 3 is 2.62 bits per heavy atom. The fraction of sp³-hybridized carbons (Fsp3) is 0.267. The molecular formula is C15H17N5O3S. The molecule has 0 aliphatic carbocycles. The van der Waals surface area contributed by atoms with Crippen molar-refractivity contribution in [2.75, 3.05) is 4.72 Å². The fourth-order valence-electron chi connectivity index (χ4n) is 2.02. The van der Waals surface area contributed by atoms with Crippen molar-refractivity contribution in [3.05, 3.63) is 54.2 Å². The van der Waals surface area contributed by atoms with Crippen molar-refractivity contribution in [1.29, 1.82) is 0 Å². The van der Waals surface area contributed by atoms with Gasteiger partial charge in [0.05, 0.1) is 12.7 Å². The Balaban J connectivity index is 1.75. The highest BCUT2D eigenvalue weighted by atomic mass is 32.2. The first kappa shape index (κ1) is 16.2. The second kappa shape index (κ2) is 6.44. The summed E-state index contributed by atoms with van der Waals surface area (Å²) in [6, 6.07) is 9.48. The Hall–Kier alpha value is -2.68. The number of benzene rings is 1. The van der Waals surface area contributed by atoms with Crippen LogP contribution in [0.2, 0.25) is 0 Å². The van der Waals surface area contributed by atoms with E-state index in [0.717, 1.165) is 5.56 Å². The molecule has 2 heterocycles. The first-order valence-corrected chi connectivity index (χ1v) is 8.85. The molecule has 0 aliphatic rings. The number of aromatic nitrogens is 4. The normalized spacial score (nSPS) is 11.8. The van der Waals surface area contributed by atoms with Gasteiger partial charge in [0, 0.05) is 12.1 Å². The molecule has 0 aliphatic heterocycles. The molecule has 0 saturated heterocycles. The molecule has 24 heavy (non-hydrogen) atoms. The fourth-order valence-corrected chi connectivity index (χ4v) is 2.90. The van der Waals surface area contributed by atoms with Gasteiger partial charge in [-0.15, -0.1) is 5.10 Å². The summed E-state index contributed by atoms with van der Waals surface area (Å²) in [5.74, 6) is 0.386. The van der Waals surface area contributed by atoms with Gasteiger partial charge < -0.3 is 4.42 Å². The van der Waals surface area contributed by atoms with E-state index < -0.39 is 10.0 Å². The first-order valence-electron chi connectivity index (χ1n) is 7.36. The van der Waals surface area contributed by atoms with Crippen LogP contribution >= 0.6 is 0 Å². The smallest absolute Gasteiger partial charge is 0.329 e. The number of hydrogen-bond acceptors (Lipinski definition) is 6. The molecule has 1 aromatic carbocycles. The lowest BCUT2D eigenvalue weighted by Gasteiger charge is -2.02. The molecule has 3 rings (SSSR count). The van der Waals surface area contributed by atoms with Crippen LogP contribution in [0, 0.1) is 0 Å². The lowest BCUT2D eigenvalue weighted by Crippen LogP contribution is -2.12. The van der Waals surface area contributed by atoms with E-state index in [1.807, 2.05) is 44.2 Å². The first-order chi connectivity index (χ1) is 11.4. The molecule has 0 amide bonds. The van der Waals surface area contributed by atoms with Crippen molar-refractivity contribution in [3.8, 4) is 0 Å². The van der Waals surface area contributed by atoms with Gasteiger partial charge >= 0.3 is 6.01 Å². The van der Waals surface area contributed by atoms with Crippen molar-refractivity contribution >= 4 is 16.0 Å². The third-order valence-electron chi connectivity index (χ3n) is 3.26. The average Bonchev–Trinajstić information content (AvgIpc) is 3.18. The molecule has 0 radical (unpaired) electrons. The lowest BCUT2D eigenvalue weighted by molar-refractivity contribution is 0.483. The van der Waals surface area contributed by atoms with Crippen molar-refractivity contribution in [1.82, 2.24) is 20.0 Å². The summed E-state index contributed by atoms with van der Waals surface area (Å²) < 4.78 is 33.8. The van der Waals surface area contributed by atoms with Gasteiger partial charge in [0.2, 0.25) is 5.89 Å². The minimum absolute atomic E-state index is 0.0179. The van der Waals surface area contributed by atoms with Crippen LogP contribution in [0.1, 0.15) is 31.2 Å². The van der Waals surface area contributed by atoms with E-state index in [2.05, 4.69) is 20.0 Å². The molecule has 9 heteroatoms. The maximum atomic E-state index is 12.4. The second-order valence-corrected chi connectivity index (χ2v) is 7.25. The molecule has 8 nitrogen and oxygen atoms in total. The van der Waals surface area contributed by atoms with Crippen LogP contribution in [-0.4, -0.2) is 28.4 Å². The van der Waals surface area contributed by atoms with Gasteiger partial charge in [0.25, 0.3) is 10.0 Å². The van der Waals surface area contributed by atoms with Gasteiger partial charge in [-0.3, -0.25) is 4.68 Å². The Kier molecular flexibility index (Phi) is 4.34. The molecule has 3 aromatic rings. The van der Waals surface area contributed by atoms with Gasteiger partial charge in [0.1, 0.15) is 4.90 Å². The quantitative estimate of drug-likeness (QED) is 0.733. The molecule has 0 saturated carbocycles. The topological polar surface area (TPSA) is 103 Å². The zero-order valence-corrected chi connectivity index (χ0v) is 14.1. The standard InChI is InChI=1S/C15H17N5O3S/c1-11(2)14-17-18-15(23-14)19-24(21,22)13-8-16-20(10-13)9-12-6-4-3-5-7-12/h3-8,10-11H,9H2,1-2H3,(H,18,19). The molecule has 2 aromatic heterocycles. The monoisotopic (exact) mass is 347 g/mol. The predicted octanol–water partition coefficient (Wildman–Crippen LogP) is 2.24. The van der Waals surface area contributed by atoms with E-state index >= 15 is 0 Å². The number of anilines is 1. The predicted molar refractivity (Wildman–Crippen MR) is 87.0 cm³/mol. The Morgan fingerprint density at radius 1 is 1.21 bits per heavy atom. The summed E-state index contributed by atoms with van der Waals surface area (Å²) >= 11 is 0. The Morgan fingerprint density at radius 2 is 1.96 bits per heavy atom. The van der Waals surface area contributed by atoms with E-state index in [9.17, 15) is 8.42 Å². The third kappa shape index (κ3) is 3.62. The summed E-state index contributed by atoms with van der Waals surface area (Å²) in [5.41, 5.74) is 1.02. The van der Waals surface area contributed by atoms with Crippen LogP contribution in [0.5, 0.6) is 0 Å². The number of nitrogens with zero attached hydrogens (tertiary/aromatic N) is 4. The Bertz CT molecular complexity index is 916. The average molecular weight is 347 g/mol. The highest BCUT2D eigenvalue weighted by molar-refractivity contribution is 7.92.